The highest BCUT2D eigenvalue weighted by Gasteiger charge is 2.23. The highest BCUT2D eigenvalue weighted by Crippen LogP contribution is 2.36. The van der Waals surface area contributed by atoms with E-state index < -0.39 is 15.1 Å². The Hall–Kier alpha value is -3.57. The predicted molar refractivity (Wildman–Crippen MR) is 153 cm³/mol. The Morgan fingerprint density at radius 3 is 2.55 bits per heavy atom. The summed E-state index contributed by atoms with van der Waals surface area (Å²) in [4.78, 5) is 11.1. The normalized spacial score (nSPS) is 13.5. The van der Waals surface area contributed by atoms with Crippen LogP contribution >= 0.6 is 11.6 Å². The molecule has 0 bridgehead atoms. The van der Waals surface area contributed by atoms with Crippen molar-refractivity contribution in [2.45, 2.75) is 50.9 Å². The lowest BCUT2D eigenvalue weighted by Gasteiger charge is -2.26. The third kappa shape index (κ3) is 6.11. The smallest absolute Gasteiger partial charge is 0.229 e. The van der Waals surface area contributed by atoms with Crippen molar-refractivity contribution in [2.24, 2.45) is 5.10 Å². The highest BCUT2D eigenvalue weighted by molar-refractivity contribution is 7.92. The van der Waals surface area contributed by atoms with Crippen LogP contribution in [0.3, 0.4) is 0 Å². The molecule has 0 unspecified atom stereocenters. The lowest BCUT2D eigenvalue weighted by atomic mass is 10.1. The van der Waals surface area contributed by atoms with Crippen LogP contribution in [-0.4, -0.2) is 49.2 Å². The molecule has 1 aliphatic rings. The fourth-order valence-electron chi connectivity index (χ4n) is 3.86. The number of aryl methyl sites for hydroxylation is 1. The Bertz CT molecular complexity index is 1440. The van der Waals surface area contributed by atoms with Crippen molar-refractivity contribution in [3.05, 3.63) is 53.2 Å². The van der Waals surface area contributed by atoms with Gasteiger partial charge in [-0.2, -0.15) is 10.1 Å². The van der Waals surface area contributed by atoms with Gasteiger partial charge in [-0.05, 0) is 58.4 Å². The first-order chi connectivity index (χ1) is 18.1. The second-order valence-corrected chi connectivity index (χ2v) is 12.3. The molecule has 12 heteroatoms. The fraction of sp³-hybridized carbons (Fsp3) is 0.346. The van der Waals surface area contributed by atoms with Gasteiger partial charge in [-0.15, -0.1) is 0 Å². The van der Waals surface area contributed by atoms with Crippen molar-refractivity contribution in [3.63, 3.8) is 0 Å². The zero-order valence-electron chi connectivity index (χ0n) is 22.0. The van der Waals surface area contributed by atoms with E-state index in [-0.39, 0.29) is 27.8 Å². The van der Waals surface area contributed by atoms with Crippen molar-refractivity contribution in [2.75, 3.05) is 28.6 Å². The summed E-state index contributed by atoms with van der Waals surface area (Å²) < 4.78 is 31.9. The van der Waals surface area contributed by atoms with E-state index in [1.165, 1.54) is 6.20 Å². The predicted octanol–water partition coefficient (Wildman–Crippen LogP) is 5.25. The van der Waals surface area contributed by atoms with Crippen molar-refractivity contribution in [3.8, 4) is 5.75 Å². The van der Waals surface area contributed by atoms with Crippen molar-refractivity contribution in [1.29, 1.82) is 0 Å². The second-order valence-electron chi connectivity index (χ2n) is 9.38. The molecule has 2 heterocycles. The van der Waals surface area contributed by atoms with E-state index >= 15 is 0 Å². The maximum absolute atomic E-state index is 12.9. The molecular formula is C26H32ClN7O3S. The van der Waals surface area contributed by atoms with Crippen LogP contribution in [0.1, 0.15) is 33.3 Å². The summed E-state index contributed by atoms with van der Waals surface area (Å²) in [5.41, 5.74) is 6.02. The average molecular weight is 558 g/mol. The molecule has 0 fully saturated rings. The molecule has 0 atom stereocenters. The van der Waals surface area contributed by atoms with Gasteiger partial charge in [0.15, 0.2) is 15.7 Å². The van der Waals surface area contributed by atoms with E-state index in [1.807, 2.05) is 32.9 Å². The Kier molecular flexibility index (Phi) is 8.27. The number of hydrazone groups is 1. The van der Waals surface area contributed by atoms with Crippen LogP contribution in [0.2, 0.25) is 5.02 Å². The van der Waals surface area contributed by atoms with Gasteiger partial charge in [0.2, 0.25) is 5.95 Å². The van der Waals surface area contributed by atoms with E-state index in [4.69, 9.17) is 16.3 Å². The van der Waals surface area contributed by atoms with Crippen LogP contribution in [0.4, 0.5) is 28.8 Å². The number of benzene rings is 2. The molecule has 1 aliphatic heterocycles. The van der Waals surface area contributed by atoms with Gasteiger partial charge < -0.3 is 25.7 Å². The minimum Gasteiger partial charge on any atom is -0.489 e. The number of hydrogen-bond acceptors (Lipinski definition) is 10. The minimum absolute atomic E-state index is 0.0643. The van der Waals surface area contributed by atoms with E-state index in [2.05, 4.69) is 36.0 Å². The molecule has 202 valence electrons. The number of ether oxygens (including phenoxy) is 1. The van der Waals surface area contributed by atoms with Crippen LogP contribution < -0.4 is 25.7 Å². The Balaban J connectivity index is 1.67. The Morgan fingerprint density at radius 2 is 1.87 bits per heavy atom. The average Bonchev–Trinajstić information content (AvgIpc) is 2.88. The number of nitrogens with zero attached hydrogens (tertiary/aromatic N) is 4. The van der Waals surface area contributed by atoms with Crippen LogP contribution in [0, 0.1) is 6.92 Å². The zero-order chi connectivity index (χ0) is 27.4. The van der Waals surface area contributed by atoms with Crippen LogP contribution in [0.15, 0.2) is 52.6 Å². The SMILES string of the molecule is Cc1cc(Nc2ncc(Cl)c(Nc3ccccc3S(=O)(=O)C(C)C)n2)c(OC(C)C)cc1N1C=NNCC1. The minimum atomic E-state index is -3.53. The lowest BCUT2D eigenvalue weighted by Crippen LogP contribution is -2.35. The molecule has 4 rings (SSSR count). The quantitative estimate of drug-likeness (QED) is 0.324. The maximum Gasteiger partial charge on any atom is 0.229 e. The third-order valence-electron chi connectivity index (χ3n) is 5.78. The Morgan fingerprint density at radius 1 is 1.11 bits per heavy atom. The number of sulfone groups is 1. The van der Waals surface area contributed by atoms with Gasteiger partial charge in [0.25, 0.3) is 0 Å². The molecule has 10 nitrogen and oxygen atoms in total. The van der Waals surface area contributed by atoms with Crippen molar-refractivity contribution >= 4 is 56.6 Å². The molecule has 0 saturated carbocycles. The number of nitrogens with one attached hydrogen (secondary N) is 3. The topological polar surface area (TPSA) is 121 Å². The summed E-state index contributed by atoms with van der Waals surface area (Å²) in [5.74, 6) is 1.17. The number of rotatable bonds is 9. The maximum atomic E-state index is 12.9. The van der Waals surface area contributed by atoms with Gasteiger partial charge >= 0.3 is 0 Å². The summed E-state index contributed by atoms with van der Waals surface area (Å²) >= 11 is 6.40. The fourth-order valence-corrected chi connectivity index (χ4v) is 5.20. The summed E-state index contributed by atoms with van der Waals surface area (Å²) in [7, 11) is -3.53. The number of anilines is 5. The standard InChI is InChI=1S/C26H32ClN7O3S/c1-16(2)37-23-13-22(34-11-10-29-30-15-34)18(5)12-21(23)32-26-28-14-19(27)25(33-26)31-20-8-6-7-9-24(20)38(35,36)17(3)4/h6-9,12-17,29H,10-11H2,1-5H3,(H2,28,31,32,33). The lowest BCUT2D eigenvalue weighted by molar-refractivity contribution is 0.244. The first-order valence-corrected chi connectivity index (χ1v) is 14.2. The van der Waals surface area contributed by atoms with Gasteiger partial charge in [-0.25, -0.2) is 13.4 Å². The van der Waals surface area contributed by atoms with Crippen molar-refractivity contribution in [1.82, 2.24) is 15.4 Å². The molecule has 1 aromatic heterocycles. The van der Waals surface area contributed by atoms with Crippen LogP contribution in [0.5, 0.6) is 5.75 Å². The monoisotopic (exact) mass is 557 g/mol. The van der Waals surface area contributed by atoms with Gasteiger partial charge in [-0.1, -0.05) is 23.7 Å². The number of aromatic nitrogens is 2. The third-order valence-corrected chi connectivity index (χ3v) is 8.27. The first-order valence-electron chi connectivity index (χ1n) is 12.3. The second kappa shape index (κ2) is 11.4. The molecule has 0 amide bonds. The van der Waals surface area contributed by atoms with Gasteiger partial charge in [-0.3, -0.25) is 0 Å². The Labute approximate surface area is 228 Å². The van der Waals surface area contributed by atoms with Gasteiger partial charge in [0.1, 0.15) is 17.1 Å². The number of para-hydroxylation sites is 1. The van der Waals surface area contributed by atoms with Gasteiger partial charge in [0, 0.05) is 18.3 Å². The summed E-state index contributed by atoms with van der Waals surface area (Å²) in [6, 6.07) is 10.6. The van der Waals surface area contributed by atoms with Crippen LogP contribution in [-0.2, 0) is 9.84 Å². The summed E-state index contributed by atoms with van der Waals surface area (Å²) in [6.07, 6.45) is 3.15. The molecular weight excluding hydrogens is 526 g/mol. The van der Waals surface area contributed by atoms with E-state index in [9.17, 15) is 8.42 Å². The molecule has 2 aromatic carbocycles. The summed E-state index contributed by atoms with van der Waals surface area (Å²) in [5, 5.41) is 10.1. The molecule has 3 aromatic rings. The molecule has 38 heavy (non-hydrogen) atoms. The first kappa shape index (κ1) is 27.5. The zero-order valence-corrected chi connectivity index (χ0v) is 23.6. The molecule has 0 aliphatic carbocycles. The van der Waals surface area contributed by atoms with Crippen LogP contribution in [0.25, 0.3) is 0 Å². The number of halogens is 1. The highest BCUT2D eigenvalue weighted by atomic mass is 35.5. The molecule has 0 spiro atoms. The summed E-state index contributed by atoms with van der Waals surface area (Å²) in [6.45, 7) is 10.7. The molecule has 0 radical (unpaired) electrons. The van der Waals surface area contributed by atoms with Crippen molar-refractivity contribution < 1.29 is 13.2 Å². The van der Waals surface area contributed by atoms with E-state index in [1.54, 1.807) is 44.5 Å². The van der Waals surface area contributed by atoms with E-state index in [0.29, 0.717) is 17.1 Å². The number of hydrogen-bond donors (Lipinski definition) is 3. The molecule has 3 N–H and O–H groups in total. The largest absolute Gasteiger partial charge is 0.489 e. The van der Waals surface area contributed by atoms with Gasteiger partial charge in [0.05, 0.1) is 40.4 Å². The molecule has 0 saturated heterocycles. The van der Waals surface area contributed by atoms with E-state index in [0.717, 1.165) is 24.3 Å².